The molecule has 1 aliphatic rings. The molecule has 6 nitrogen and oxygen atoms in total. The number of hydrogen-bond donors (Lipinski definition) is 1. The molecule has 1 heterocycles. The van der Waals surface area contributed by atoms with Crippen LogP contribution in [-0.2, 0) is 4.79 Å². The van der Waals surface area contributed by atoms with Gasteiger partial charge in [-0.2, -0.15) is 0 Å². The molecule has 1 saturated heterocycles. The van der Waals surface area contributed by atoms with E-state index in [1.807, 2.05) is 14.1 Å². The average molecular weight is 404 g/mol. The monoisotopic (exact) mass is 403 g/mol. The Kier molecular flexibility index (Phi) is 9.19. The van der Waals surface area contributed by atoms with Gasteiger partial charge in [-0.05, 0) is 38.1 Å². The number of halogens is 2. The van der Waals surface area contributed by atoms with Crippen molar-refractivity contribution in [1.29, 1.82) is 0 Å². The van der Waals surface area contributed by atoms with Crippen molar-refractivity contribution in [2.24, 2.45) is 5.92 Å². The maximum absolute atomic E-state index is 12.8. The molecule has 2 amide bonds. The van der Waals surface area contributed by atoms with Crippen molar-refractivity contribution < 1.29 is 14.3 Å². The van der Waals surface area contributed by atoms with Crippen molar-refractivity contribution in [1.82, 2.24) is 15.1 Å². The van der Waals surface area contributed by atoms with Gasteiger partial charge in [-0.1, -0.05) is 11.6 Å². The number of carbonyl (C=O) groups excluding carboxylic acids is 2. The number of likely N-dealkylation sites (tertiary alicyclic amines) is 1. The third-order valence-corrected chi connectivity index (χ3v) is 4.83. The van der Waals surface area contributed by atoms with Crippen LogP contribution < -0.4 is 10.1 Å². The number of amides is 2. The van der Waals surface area contributed by atoms with Gasteiger partial charge in [-0.25, -0.2) is 0 Å². The second-order valence-electron chi connectivity index (χ2n) is 6.27. The number of nitrogens with one attached hydrogen (secondary N) is 1. The minimum Gasteiger partial charge on any atom is -0.496 e. The number of rotatable bonds is 6. The van der Waals surface area contributed by atoms with E-state index in [1.165, 1.54) is 7.11 Å². The highest BCUT2D eigenvalue weighted by Crippen LogP contribution is 2.26. The lowest BCUT2D eigenvalue weighted by Crippen LogP contribution is -2.44. The second kappa shape index (κ2) is 10.6. The van der Waals surface area contributed by atoms with Gasteiger partial charge in [0, 0.05) is 44.2 Å². The van der Waals surface area contributed by atoms with Crippen molar-refractivity contribution in [3.63, 3.8) is 0 Å². The molecule has 0 aromatic heterocycles. The van der Waals surface area contributed by atoms with Gasteiger partial charge in [0.15, 0.2) is 0 Å². The maximum atomic E-state index is 12.8. The van der Waals surface area contributed by atoms with Gasteiger partial charge in [0.25, 0.3) is 5.91 Å². The Hall–Kier alpha value is -1.50. The zero-order valence-corrected chi connectivity index (χ0v) is 17.0. The molecule has 146 valence electrons. The summed E-state index contributed by atoms with van der Waals surface area (Å²) >= 11 is 6.02. The quantitative estimate of drug-likeness (QED) is 0.791. The molecule has 0 atom stereocenters. The molecule has 1 aromatic rings. The summed E-state index contributed by atoms with van der Waals surface area (Å²) in [7, 11) is 5.23. The van der Waals surface area contributed by atoms with Crippen LogP contribution in [0.25, 0.3) is 0 Å². The first-order valence-electron chi connectivity index (χ1n) is 8.50. The smallest absolute Gasteiger partial charge is 0.257 e. The molecule has 0 bridgehead atoms. The van der Waals surface area contributed by atoms with E-state index in [4.69, 9.17) is 16.3 Å². The largest absolute Gasteiger partial charge is 0.496 e. The molecule has 1 aromatic carbocycles. The van der Waals surface area contributed by atoms with Crippen molar-refractivity contribution in [2.45, 2.75) is 12.8 Å². The lowest BCUT2D eigenvalue weighted by molar-refractivity contribution is -0.135. The molecule has 0 unspecified atom stereocenters. The van der Waals surface area contributed by atoms with Gasteiger partial charge in [0.2, 0.25) is 5.91 Å². The van der Waals surface area contributed by atoms with Crippen molar-refractivity contribution >= 4 is 35.8 Å². The minimum atomic E-state index is -0.103. The number of ether oxygens (including phenoxy) is 1. The van der Waals surface area contributed by atoms with Crippen LogP contribution in [0, 0.1) is 5.92 Å². The lowest BCUT2D eigenvalue weighted by atomic mass is 9.95. The van der Waals surface area contributed by atoms with E-state index in [1.54, 1.807) is 28.0 Å². The van der Waals surface area contributed by atoms with Gasteiger partial charge >= 0.3 is 0 Å². The Bertz CT molecular complexity index is 620. The zero-order valence-electron chi connectivity index (χ0n) is 15.5. The minimum absolute atomic E-state index is 0. The summed E-state index contributed by atoms with van der Waals surface area (Å²) in [6, 6.07) is 5.02. The fraction of sp³-hybridized carbons (Fsp3) is 0.556. The molecular formula is C18H27Cl2N3O3. The van der Waals surface area contributed by atoms with Crippen molar-refractivity contribution in [3.05, 3.63) is 28.8 Å². The number of benzene rings is 1. The van der Waals surface area contributed by atoms with E-state index in [0.29, 0.717) is 48.8 Å². The molecule has 1 N–H and O–H groups in total. The van der Waals surface area contributed by atoms with Crippen LogP contribution in [0.5, 0.6) is 5.75 Å². The molecule has 0 aliphatic carbocycles. The Morgan fingerprint density at radius 2 is 2.00 bits per heavy atom. The van der Waals surface area contributed by atoms with Crippen LogP contribution in [0.2, 0.25) is 5.02 Å². The zero-order chi connectivity index (χ0) is 18.4. The highest BCUT2D eigenvalue weighted by Gasteiger charge is 2.30. The number of piperidine rings is 1. The molecule has 2 rings (SSSR count). The lowest BCUT2D eigenvalue weighted by Gasteiger charge is -2.33. The van der Waals surface area contributed by atoms with Crippen LogP contribution in [-0.4, -0.2) is 69.0 Å². The van der Waals surface area contributed by atoms with Crippen LogP contribution in [0.4, 0.5) is 0 Å². The first-order chi connectivity index (χ1) is 12.0. The van der Waals surface area contributed by atoms with E-state index >= 15 is 0 Å². The summed E-state index contributed by atoms with van der Waals surface area (Å²) in [5.74, 6) is 0.544. The summed E-state index contributed by atoms with van der Waals surface area (Å²) in [6.07, 6.45) is 1.36. The fourth-order valence-electron chi connectivity index (χ4n) is 3.05. The van der Waals surface area contributed by atoms with Gasteiger partial charge in [-0.15, -0.1) is 12.4 Å². The molecular weight excluding hydrogens is 377 g/mol. The molecule has 0 spiro atoms. The number of likely N-dealkylation sites (N-methyl/N-ethyl adjacent to an activating group) is 2. The van der Waals surface area contributed by atoms with E-state index < -0.39 is 0 Å². The summed E-state index contributed by atoms with van der Waals surface area (Å²) in [5.41, 5.74) is 0.464. The van der Waals surface area contributed by atoms with Crippen LogP contribution >= 0.6 is 24.0 Å². The summed E-state index contributed by atoms with van der Waals surface area (Å²) in [6.45, 7) is 2.58. The predicted octanol–water partition coefficient (Wildman–Crippen LogP) is 2.30. The molecule has 26 heavy (non-hydrogen) atoms. The molecule has 0 saturated carbocycles. The van der Waals surface area contributed by atoms with E-state index in [-0.39, 0.29) is 30.1 Å². The summed E-state index contributed by atoms with van der Waals surface area (Å²) < 4.78 is 5.27. The Morgan fingerprint density at radius 1 is 1.35 bits per heavy atom. The Labute approximate surface area is 166 Å². The molecule has 1 aliphatic heterocycles. The SMILES string of the molecule is CNCCN(C)C(=O)C1CCN(C(=O)c2cc(Cl)ccc2OC)CC1.Cl. The van der Waals surface area contributed by atoms with E-state index in [9.17, 15) is 9.59 Å². The number of methoxy groups -OCH3 is 1. The average Bonchev–Trinajstić information content (AvgIpc) is 2.65. The molecule has 1 fully saturated rings. The first-order valence-corrected chi connectivity index (χ1v) is 8.88. The predicted molar refractivity (Wildman–Crippen MR) is 105 cm³/mol. The third-order valence-electron chi connectivity index (χ3n) is 4.60. The van der Waals surface area contributed by atoms with E-state index in [2.05, 4.69) is 5.32 Å². The van der Waals surface area contributed by atoms with Gasteiger partial charge in [0.1, 0.15) is 5.75 Å². The van der Waals surface area contributed by atoms with Crippen LogP contribution in [0.15, 0.2) is 18.2 Å². The number of hydrogen-bond acceptors (Lipinski definition) is 4. The fourth-order valence-corrected chi connectivity index (χ4v) is 3.22. The van der Waals surface area contributed by atoms with Gasteiger partial charge in [0.05, 0.1) is 12.7 Å². The number of carbonyl (C=O) groups is 2. The first kappa shape index (κ1) is 22.5. The highest BCUT2D eigenvalue weighted by molar-refractivity contribution is 6.31. The standard InChI is InChI=1S/C18H26ClN3O3.ClH/c1-20-8-11-21(2)17(23)13-6-9-22(10-7-13)18(24)15-12-14(19)4-5-16(15)25-3;/h4-5,12-13,20H,6-11H2,1-3H3;1H. The Balaban J connectivity index is 0.00000338. The third kappa shape index (κ3) is 5.50. The Morgan fingerprint density at radius 3 is 2.58 bits per heavy atom. The van der Waals surface area contributed by atoms with E-state index in [0.717, 1.165) is 6.54 Å². The molecule has 0 radical (unpaired) electrons. The van der Waals surface area contributed by atoms with Crippen molar-refractivity contribution in [2.75, 3.05) is 47.4 Å². The van der Waals surface area contributed by atoms with Gasteiger partial charge < -0.3 is 19.9 Å². The maximum Gasteiger partial charge on any atom is 0.257 e. The van der Waals surface area contributed by atoms with Gasteiger partial charge in [-0.3, -0.25) is 9.59 Å². The molecule has 8 heteroatoms. The van der Waals surface area contributed by atoms with Crippen LogP contribution in [0.1, 0.15) is 23.2 Å². The van der Waals surface area contributed by atoms with Crippen molar-refractivity contribution in [3.8, 4) is 5.75 Å². The summed E-state index contributed by atoms with van der Waals surface area (Å²) in [5, 5.41) is 3.54. The summed E-state index contributed by atoms with van der Waals surface area (Å²) in [4.78, 5) is 28.8. The number of nitrogens with zero attached hydrogens (tertiary/aromatic N) is 2. The highest BCUT2D eigenvalue weighted by atomic mass is 35.5. The topological polar surface area (TPSA) is 61.9 Å². The van der Waals surface area contributed by atoms with Crippen LogP contribution in [0.3, 0.4) is 0 Å². The second-order valence-corrected chi connectivity index (χ2v) is 6.71. The normalized spacial score (nSPS) is 14.5.